The summed E-state index contributed by atoms with van der Waals surface area (Å²) in [6.07, 6.45) is 7.18. The summed E-state index contributed by atoms with van der Waals surface area (Å²) in [5.41, 5.74) is 2.52. The molecule has 2 aliphatic rings. The minimum absolute atomic E-state index is 0.00988. The minimum Gasteiger partial charge on any atom is -0.457 e. The van der Waals surface area contributed by atoms with Crippen molar-refractivity contribution in [2.75, 3.05) is 29.9 Å². The van der Waals surface area contributed by atoms with Gasteiger partial charge in [-0.25, -0.2) is 9.97 Å². The van der Waals surface area contributed by atoms with Crippen molar-refractivity contribution in [3.63, 3.8) is 0 Å². The third kappa shape index (κ3) is 5.35. The number of fused-ring (bicyclic) bond motifs is 1. The van der Waals surface area contributed by atoms with E-state index in [1.165, 1.54) is 0 Å². The summed E-state index contributed by atoms with van der Waals surface area (Å²) in [4.78, 5) is 27.4. The number of thiazole rings is 1. The van der Waals surface area contributed by atoms with Crippen LogP contribution < -0.4 is 20.3 Å². The van der Waals surface area contributed by atoms with Crippen molar-refractivity contribution in [2.24, 2.45) is 0 Å². The highest BCUT2D eigenvalue weighted by molar-refractivity contribution is 7.22. The molecular formula is C27H28N6O3S. The molecule has 1 aliphatic heterocycles. The highest BCUT2D eigenvalue weighted by atomic mass is 32.1. The van der Waals surface area contributed by atoms with Gasteiger partial charge in [0.25, 0.3) is 0 Å². The number of benzene rings is 1. The van der Waals surface area contributed by atoms with Crippen LogP contribution in [0, 0.1) is 0 Å². The molecule has 190 valence electrons. The first-order valence-corrected chi connectivity index (χ1v) is 13.4. The Labute approximate surface area is 218 Å². The number of nitrogens with one attached hydrogen (secondary N) is 2. The van der Waals surface area contributed by atoms with Gasteiger partial charge >= 0.3 is 0 Å². The van der Waals surface area contributed by atoms with Gasteiger partial charge in [0.15, 0.2) is 5.13 Å². The number of anilines is 2. The molecule has 3 aromatic heterocycles. The number of ether oxygens (including phenoxy) is 1. The van der Waals surface area contributed by atoms with Gasteiger partial charge in [0.05, 0.1) is 34.6 Å². The maximum Gasteiger partial charge on any atom is 0.239 e. The van der Waals surface area contributed by atoms with E-state index in [0.717, 1.165) is 70.4 Å². The Bertz CT molecular complexity index is 1410. The number of pyridine rings is 2. The SMILES string of the molecule is O=C1CN(c2ccc(-c3cc(Oc4ccc5nc(N[C@@H]6CCCC[C@H]6O)sc5c4)ccn3)cn2)CCN1. The Morgan fingerprint density at radius 3 is 2.81 bits per heavy atom. The molecule has 2 atom stereocenters. The summed E-state index contributed by atoms with van der Waals surface area (Å²) in [5.74, 6) is 2.18. The number of amides is 1. The van der Waals surface area contributed by atoms with Crippen molar-refractivity contribution < 1.29 is 14.6 Å². The number of rotatable bonds is 6. The van der Waals surface area contributed by atoms with Crippen LogP contribution in [0.3, 0.4) is 0 Å². The highest BCUT2D eigenvalue weighted by Gasteiger charge is 2.24. The van der Waals surface area contributed by atoms with E-state index < -0.39 is 0 Å². The van der Waals surface area contributed by atoms with Crippen LogP contribution in [0.15, 0.2) is 54.9 Å². The molecule has 37 heavy (non-hydrogen) atoms. The molecule has 6 rings (SSSR count). The Hall–Kier alpha value is -3.76. The number of nitrogens with zero attached hydrogens (tertiary/aromatic N) is 4. The van der Waals surface area contributed by atoms with Gasteiger partial charge in [-0.3, -0.25) is 9.78 Å². The number of carbonyl (C=O) groups excluding carboxylic acids is 1. The Balaban J connectivity index is 1.15. The maximum absolute atomic E-state index is 11.7. The lowest BCUT2D eigenvalue weighted by Crippen LogP contribution is -2.48. The quantitative estimate of drug-likeness (QED) is 0.350. The van der Waals surface area contributed by atoms with Gasteiger partial charge in [0.1, 0.15) is 17.3 Å². The van der Waals surface area contributed by atoms with Crippen LogP contribution >= 0.6 is 11.3 Å². The second kappa shape index (κ2) is 10.3. The molecule has 1 saturated heterocycles. The van der Waals surface area contributed by atoms with E-state index >= 15 is 0 Å². The van der Waals surface area contributed by atoms with Crippen LogP contribution in [-0.4, -0.2) is 57.7 Å². The fraction of sp³-hybridized carbons (Fsp3) is 0.333. The first-order chi connectivity index (χ1) is 18.1. The number of aliphatic hydroxyl groups excluding tert-OH is 1. The normalized spacial score (nSPS) is 20.0. The number of piperazine rings is 1. The van der Waals surface area contributed by atoms with Crippen molar-refractivity contribution in [3.8, 4) is 22.8 Å². The number of aromatic nitrogens is 3. The average molecular weight is 517 g/mol. The molecule has 0 unspecified atom stereocenters. The van der Waals surface area contributed by atoms with E-state index in [2.05, 4.69) is 25.6 Å². The summed E-state index contributed by atoms with van der Waals surface area (Å²) < 4.78 is 7.18. The highest BCUT2D eigenvalue weighted by Crippen LogP contribution is 2.33. The largest absolute Gasteiger partial charge is 0.457 e. The summed E-state index contributed by atoms with van der Waals surface area (Å²) in [6, 6.07) is 13.5. The fourth-order valence-electron chi connectivity index (χ4n) is 4.80. The lowest BCUT2D eigenvalue weighted by atomic mass is 9.93. The van der Waals surface area contributed by atoms with Crippen molar-refractivity contribution >= 4 is 38.4 Å². The molecule has 2 fully saturated rings. The molecule has 1 amide bonds. The molecule has 1 aliphatic carbocycles. The van der Waals surface area contributed by atoms with Gasteiger partial charge in [-0.15, -0.1) is 0 Å². The molecule has 1 aromatic carbocycles. The average Bonchev–Trinajstić information content (AvgIpc) is 3.32. The lowest BCUT2D eigenvalue weighted by molar-refractivity contribution is -0.120. The second-order valence-electron chi connectivity index (χ2n) is 9.41. The first-order valence-electron chi connectivity index (χ1n) is 12.6. The van der Waals surface area contributed by atoms with Gasteiger partial charge in [-0.2, -0.15) is 0 Å². The summed E-state index contributed by atoms with van der Waals surface area (Å²) in [5, 5.41) is 17.3. The van der Waals surface area contributed by atoms with Gasteiger partial charge in [-0.05, 0) is 43.2 Å². The topological polar surface area (TPSA) is 113 Å². The Kier molecular flexibility index (Phi) is 6.58. The molecule has 3 N–H and O–H groups in total. The molecule has 1 saturated carbocycles. The van der Waals surface area contributed by atoms with Gasteiger partial charge in [-0.1, -0.05) is 24.2 Å². The Morgan fingerprint density at radius 1 is 1.08 bits per heavy atom. The summed E-state index contributed by atoms with van der Waals surface area (Å²) in [7, 11) is 0. The zero-order valence-corrected chi connectivity index (χ0v) is 21.1. The van der Waals surface area contributed by atoms with E-state index in [4.69, 9.17) is 4.74 Å². The van der Waals surface area contributed by atoms with Crippen LogP contribution in [0.5, 0.6) is 11.5 Å². The third-order valence-corrected chi connectivity index (χ3v) is 7.72. The number of aliphatic hydroxyl groups is 1. The van der Waals surface area contributed by atoms with Crippen LogP contribution in [0.1, 0.15) is 25.7 Å². The van der Waals surface area contributed by atoms with E-state index in [9.17, 15) is 9.90 Å². The summed E-state index contributed by atoms with van der Waals surface area (Å²) >= 11 is 1.57. The zero-order chi connectivity index (χ0) is 25.2. The molecule has 4 aromatic rings. The summed E-state index contributed by atoms with van der Waals surface area (Å²) in [6.45, 7) is 1.68. The predicted octanol–water partition coefficient (Wildman–Crippen LogP) is 4.20. The standard InChI is InChI=1S/C27H28N6O3S/c34-23-4-2-1-3-20(23)31-27-32-21-7-6-18(14-24(21)37-27)36-19-9-10-28-22(13-19)17-5-8-25(30-15-17)33-12-11-29-26(35)16-33/h5-10,13-15,20,23,34H,1-4,11-12,16H2,(H,29,35)(H,31,32)/t20-,23-/m1/s1. The Morgan fingerprint density at radius 2 is 1.97 bits per heavy atom. The molecule has 0 radical (unpaired) electrons. The van der Waals surface area contributed by atoms with Gasteiger partial charge < -0.3 is 25.4 Å². The van der Waals surface area contributed by atoms with Crippen LogP contribution in [-0.2, 0) is 4.79 Å². The zero-order valence-electron chi connectivity index (χ0n) is 20.3. The van der Waals surface area contributed by atoms with E-state index in [1.54, 1.807) is 23.7 Å². The van der Waals surface area contributed by atoms with E-state index in [0.29, 0.717) is 18.8 Å². The molecular weight excluding hydrogens is 488 g/mol. The van der Waals surface area contributed by atoms with Gasteiger partial charge in [0.2, 0.25) is 5.91 Å². The van der Waals surface area contributed by atoms with Crippen LogP contribution in [0.4, 0.5) is 10.9 Å². The number of hydrogen-bond donors (Lipinski definition) is 3. The third-order valence-electron chi connectivity index (χ3n) is 6.77. The van der Waals surface area contributed by atoms with E-state index in [-0.39, 0.29) is 18.1 Å². The van der Waals surface area contributed by atoms with E-state index in [1.807, 2.05) is 47.4 Å². The molecule has 0 bridgehead atoms. The van der Waals surface area contributed by atoms with Crippen molar-refractivity contribution in [1.29, 1.82) is 0 Å². The maximum atomic E-state index is 11.7. The lowest BCUT2D eigenvalue weighted by Gasteiger charge is -2.27. The molecule has 10 heteroatoms. The minimum atomic E-state index is -0.321. The smallest absolute Gasteiger partial charge is 0.239 e. The van der Waals surface area contributed by atoms with Crippen molar-refractivity contribution in [2.45, 2.75) is 37.8 Å². The predicted molar refractivity (Wildman–Crippen MR) is 144 cm³/mol. The number of hydrogen-bond acceptors (Lipinski definition) is 9. The van der Waals surface area contributed by atoms with Crippen molar-refractivity contribution in [3.05, 3.63) is 54.9 Å². The molecule has 0 spiro atoms. The monoisotopic (exact) mass is 516 g/mol. The van der Waals surface area contributed by atoms with Crippen molar-refractivity contribution in [1.82, 2.24) is 20.3 Å². The second-order valence-corrected chi connectivity index (χ2v) is 10.4. The molecule has 4 heterocycles. The van der Waals surface area contributed by atoms with Crippen LogP contribution in [0.25, 0.3) is 21.5 Å². The fourth-order valence-corrected chi connectivity index (χ4v) is 5.75. The molecule has 9 nitrogen and oxygen atoms in total. The first kappa shape index (κ1) is 23.6. The van der Waals surface area contributed by atoms with Crippen LogP contribution in [0.2, 0.25) is 0 Å². The number of carbonyl (C=O) groups is 1. The van der Waals surface area contributed by atoms with Gasteiger partial charge in [0, 0.05) is 43.2 Å².